The number of aryl methyl sites for hydroxylation is 1. The third kappa shape index (κ3) is 8.20. The monoisotopic (exact) mass is 632 g/mol. The van der Waals surface area contributed by atoms with Gasteiger partial charge in [0.15, 0.2) is 20.7 Å². The van der Waals surface area contributed by atoms with E-state index in [1.54, 1.807) is 61.5 Å². The van der Waals surface area contributed by atoms with Crippen molar-refractivity contribution >= 4 is 38.5 Å². The second-order valence-corrected chi connectivity index (χ2v) is 13.3. The Hall–Kier alpha value is -4.42. The Morgan fingerprint density at radius 1 is 0.911 bits per heavy atom. The summed E-state index contributed by atoms with van der Waals surface area (Å²) in [5, 5.41) is 3.83. The molecule has 2 N–H and O–H groups in total. The number of hydrogen-bond acceptors (Lipinski definition) is 9. The molecule has 2 aromatic heterocycles. The normalized spacial score (nSPS) is 15.3. The minimum atomic E-state index is -4.10. The van der Waals surface area contributed by atoms with Gasteiger partial charge in [-0.25, -0.2) is 13.4 Å². The van der Waals surface area contributed by atoms with Gasteiger partial charge >= 0.3 is 0 Å². The number of rotatable bonds is 13. The zero-order valence-electron chi connectivity index (χ0n) is 25.0. The number of ether oxygens (including phenoxy) is 1. The Labute approximate surface area is 261 Å². The molecule has 236 valence electrons. The van der Waals surface area contributed by atoms with E-state index in [1.165, 1.54) is 0 Å². The highest BCUT2D eigenvalue weighted by molar-refractivity contribution is 7.92. The summed E-state index contributed by atoms with van der Waals surface area (Å²) in [6.07, 6.45) is 1.21. The molecular formula is C33H36N4O7S. The lowest BCUT2D eigenvalue weighted by molar-refractivity contribution is -0.128. The Morgan fingerprint density at radius 2 is 1.64 bits per heavy atom. The van der Waals surface area contributed by atoms with Crippen LogP contribution in [0.1, 0.15) is 52.8 Å². The summed E-state index contributed by atoms with van der Waals surface area (Å²) in [7, 11) is -4.10. The fourth-order valence-electron chi connectivity index (χ4n) is 5.38. The third-order valence-corrected chi connectivity index (χ3v) is 9.78. The van der Waals surface area contributed by atoms with Crippen molar-refractivity contribution in [2.24, 2.45) is 5.92 Å². The summed E-state index contributed by atoms with van der Waals surface area (Å²) in [4.78, 5) is 48.6. The number of carbonyl (C=O) groups is 3. The fraction of sp³-hybridized carbons (Fsp3) is 0.364. The van der Waals surface area contributed by atoms with E-state index in [2.05, 4.69) is 20.6 Å². The highest BCUT2D eigenvalue weighted by atomic mass is 32.2. The summed E-state index contributed by atoms with van der Waals surface area (Å²) < 4.78 is 38.2. The van der Waals surface area contributed by atoms with Crippen LogP contribution in [-0.4, -0.2) is 67.5 Å². The van der Waals surface area contributed by atoms with Crippen molar-refractivity contribution in [1.82, 2.24) is 20.6 Å². The van der Waals surface area contributed by atoms with Crippen LogP contribution in [0.2, 0.25) is 0 Å². The van der Waals surface area contributed by atoms with Crippen molar-refractivity contribution in [3.8, 4) is 0 Å². The largest absolute Gasteiger partial charge is 0.434 e. The number of nitrogens with one attached hydrogen (secondary N) is 2. The summed E-state index contributed by atoms with van der Waals surface area (Å²) in [5.41, 5.74) is 2.70. The SMILES string of the molecule is Cc1cccc(CS(=O)(=O)C(CNC(=O)C2CCOCC2)C(=O)NCCC(C(=O)c2nc3ccccc3o2)c2ccccc2)n1. The molecule has 0 spiro atoms. The van der Waals surface area contributed by atoms with Crippen LogP contribution in [0.5, 0.6) is 0 Å². The van der Waals surface area contributed by atoms with E-state index in [0.717, 1.165) is 0 Å². The molecule has 2 amide bonds. The molecule has 3 heterocycles. The van der Waals surface area contributed by atoms with Crippen LogP contribution in [0.4, 0.5) is 0 Å². The molecule has 5 rings (SSSR count). The van der Waals surface area contributed by atoms with Crippen molar-refractivity contribution in [3.63, 3.8) is 0 Å². The highest BCUT2D eigenvalue weighted by Gasteiger charge is 2.35. The molecule has 11 nitrogen and oxygen atoms in total. The topological polar surface area (TPSA) is 158 Å². The van der Waals surface area contributed by atoms with Crippen LogP contribution in [0, 0.1) is 12.8 Å². The smallest absolute Gasteiger partial charge is 0.264 e. The number of fused-ring (bicyclic) bond motifs is 1. The maximum Gasteiger partial charge on any atom is 0.264 e. The van der Waals surface area contributed by atoms with Gasteiger partial charge in [-0.1, -0.05) is 48.5 Å². The molecule has 2 atom stereocenters. The molecule has 0 saturated carbocycles. The first kappa shape index (κ1) is 32.0. The Bertz CT molecular complexity index is 1720. The average Bonchev–Trinajstić information content (AvgIpc) is 3.48. The minimum Gasteiger partial charge on any atom is -0.434 e. The number of amides is 2. The number of carbonyl (C=O) groups excluding carboxylic acids is 3. The van der Waals surface area contributed by atoms with Crippen molar-refractivity contribution in [1.29, 1.82) is 0 Å². The number of Topliss-reactive ketones (excluding diaryl/α,β-unsaturated/α-hetero) is 1. The fourth-order valence-corrected chi connectivity index (χ4v) is 6.90. The van der Waals surface area contributed by atoms with Gasteiger partial charge in [0.25, 0.3) is 5.89 Å². The minimum absolute atomic E-state index is 0.00696. The maximum atomic E-state index is 13.6. The van der Waals surface area contributed by atoms with Crippen LogP contribution in [0.15, 0.2) is 77.2 Å². The van der Waals surface area contributed by atoms with Crippen LogP contribution in [-0.2, 0) is 29.9 Å². The number of nitrogens with zero attached hydrogens (tertiary/aromatic N) is 2. The van der Waals surface area contributed by atoms with Crippen molar-refractivity contribution in [2.75, 3.05) is 26.3 Å². The van der Waals surface area contributed by atoms with Gasteiger partial charge in [-0.3, -0.25) is 19.4 Å². The molecule has 0 aliphatic carbocycles. The summed E-state index contributed by atoms with van der Waals surface area (Å²) >= 11 is 0. The number of hydrogen-bond donors (Lipinski definition) is 2. The van der Waals surface area contributed by atoms with Crippen LogP contribution in [0.3, 0.4) is 0 Å². The van der Waals surface area contributed by atoms with Crippen LogP contribution < -0.4 is 10.6 Å². The van der Waals surface area contributed by atoms with Gasteiger partial charge in [-0.05, 0) is 56.0 Å². The van der Waals surface area contributed by atoms with Crippen molar-refractivity contribution in [2.45, 2.75) is 43.1 Å². The molecule has 1 aliphatic heterocycles. The Morgan fingerprint density at radius 3 is 2.38 bits per heavy atom. The molecule has 2 unspecified atom stereocenters. The van der Waals surface area contributed by atoms with Gasteiger partial charge in [-0.2, -0.15) is 0 Å². The predicted octanol–water partition coefficient (Wildman–Crippen LogP) is 3.53. The number of oxazole rings is 1. The number of pyridine rings is 1. The van der Waals surface area contributed by atoms with Gasteiger partial charge in [-0.15, -0.1) is 0 Å². The lowest BCUT2D eigenvalue weighted by Gasteiger charge is -2.23. The predicted molar refractivity (Wildman–Crippen MR) is 167 cm³/mol. The van der Waals surface area contributed by atoms with Gasteiger partial charge in [0.2, 0.25) is 17.6 Å². The Kier molecular flexibility index (Phi) is 10.4. The molecule has 0 radical (unpaired) electrons. The van der Waals surface area contributed by atoms with E-state index in [-0.39, 0.29) is 43.0 Å². The number of aromatic nitrogens is 2. The number of ketones is 1. The average molecular weight is 633 g/mol. The van der Waals surface area contributed by atoms with Gasteiger partial charge in [0, 0.05) is 37.9 Å². The summed E-state index contributed by atoms with van der Waals surface area (Å²) in [6, 6.07) is 21.2. The molecule has 0 bridgehead atoms. The molecule has 2 aromatic carbocycles. The second kappa shape index (κ2) is 14.6. The lowest BCUT2D eigenvalue weighted by Crippen LogP contribution is -2.49. The molecule has 45 heavy (non-hydrogen) atoms. The molecule has 1 aliphatic rings. The quantitative estimate of drug-likeness (QED) is 0.210. The van der Waals surface area contributed by atoms with E-state index in [9.17, 15) is 22.8 Å². The van der Waals surface area contributed by atoms with Crippen molar-refractivity contribution < 1.29 is 32.0 Å². The van der Waals surface area contributed by atoms with Gasteiger partial charge < -0.3 is 19.8 Å². The van der Waals surface area contributed by atoms with E-state index in [1.807, 2.05) is 18.2 Å². The first-order valence-corrected chi connectivity index (χ1v) is 16.6. The lowest BCUT2D eigenvalue weighted by atomic mass is 9.91. The standard InChI is InChI=1S/C33H36N4O7S/c1-22-8-7-11-25(36-22)21-45(41,42)29(20-35-31(39)24-15-18-43-19-16-24)32(40)34-17-14-26(23-9-3-2-4-10-23)30(38)33-37-27-12-5-6-13-28(27)44-33/h2-13,24,26,29H,14-21H2,1H3,(H,34,40)(H,35,39). The molecule has 12 heteroatoms. The van der Waals surface area contributed by atoms with E-state index >= 15 is 0 Å². The number of benzene rings is 2. The first-order chi connectivity index (χ1) is 21.7. The molecule has 1 fully saturated rings. The Balaban J connectivity index is 1.31. The zero-order valence-corrected chi connectivity index (χ0v) is 25.8. The molecular weight excluding hydrogens is 596 g/mol. The maximum absolute atomic E-state index is 13.6. The van der Waals surface area contributed by atoms with Gasteiger partial charge in [0.05, 0.1) is 17.4 Å². The molecule has 1 saturated heterocycles. The van der Waals surface area contributed by atoms with E-state index in [4.69, 9.17) is 9.15 Å². The van der Waals surface area contributed by atoms with E-state index < -0.39 is 32.7 Å². The summed E-state index contributed by atoms with van der Waals surface area (Å²) in [6.45, 7) is 2.25. The van der Waals surface area contributed by atoms with Crippen LogP contribution in [0.25, 0.3) is 11.1 Å². The second-order valence-electron chi connectivity index (χ2n) is 11.1. The molecule has 4 aromatic rings. The van der Waals surface area contributed by atoms with Gasteiger partial charge in [0.1, 0.15) is 5.52 Å². The van der Waals surface area contributed by atoms with E-state index in [0.29, 0.717) is 54.1 Å². The number of sulfone groups is 1. The van der Waals surface area contributed by atoms with Crippen molar-refractivity contribution in [3.05, 3.63) is 95.6 Å². The van der Waals surface area contributed by atoms with Crippen LogP contribution >= 0.6 is 0 Å². The first-order valence-electron chi connectivity index (χ1n) is 14.9. The zero-order chi connectivity index (χ0) is 31.8. The highest BCUT2D eigenvalue weighted by Crippen LogP contribution is 2.26. The summed E-state index contributed by atoms with van der Waals surface area (Å²) in [5.74, 6) is -2.97. The third-order valence-electron chi connectivity index (χ3n) is 7.83. The number of para-hydroxylation sites is 2.